The summed E-state index contributed by atoms with van der Waals surface area (Å²) in [6.07, 6.45) is 9.50. The van der Waals surface area contributed by atoms with E-state index in [0.717, 1.165) is 6.42 Å². The minimum Gasteiger partial charge on any atom is -0.296 e. The third-order valence-electron chi connectivity index (χ3n) is 3.71. The summed E-state index contributed by atoms with van der Waals surface area (Å²) in [4.78, 5) is 33.3. The van der Waals surface area contributed by atoms with E-state index in [1.165, 1.54) is 19.0 Å². The lowest BCUT2D eigenvalue weighted by atomic mass is 9.85. The molecular weight excluding hydrogens is 232 g/mol. The number of rotatable bonds is 0. The second-order valence-electron chi connectivity index (χ2n) is 4.65. The molecule has 1 aromatic rings. The lowest BCUT2D eigenvalue weighted by Gasteiger charge is -2.14. The smallest absolute Gasteiger partial charge is 0.231 e. The van der Waals surface area contributed by atoms with Gasteiger partial charge in [0.25, 0.3) is 0 Å². The molecule has 4 unspecified atom stereocenters. The minimum atomic E-state index is -0.0538. The first-order chi connectivity index (χ1) is 8.77. The summed E-state index contributed by atoms with van der Waals surface area (Å²) in [6.45, 7) is 0. The van der Waals surface area contributed by atoms with Crippen LogP contribution in [0.1, 0.15) is 6.42 Å². The van der Waals surface area contributed by atoms with Crippen molar-refractivity contribution in [3.05, 3.63) is 31.1 Å². The van der Waals surface area contributed by atoms with E-state index in [9.17, 15) is 9.59 Å². The van der Waals surface area contributed by atoms with Gasteiger partial charge in [0.1, 0.15) is 19.0 Å². The number of aromatic nitrogens is 3. The second kappa shape index (κ2) is 4.29. The average molecular weight is 244 g/mol. The molecule has 92 valence electrons. The van der Waals surface area contributed by atoms with Crippen molar-refractivity contribution in [1.82, 2.24) is 20.3 Å². The fourth-order valence-corrected chi connectivity index (χ4v) is 3.03. The predicted molar refractivity (Wildman–Crippen MR) is 60.7 cm³/mol. The molecule has 4 atom stereocenters. The quantitative estimate of drug-likeness (QED) is 0.511. The molecule has 3 aliphatic rings. The van der Waals surface area contributed by atoms with Crippen molar-refractivity contribution in [2.24, 2.45) is 23.7 Å². The molecule has 1 aromatic heterocycles. The number of nitrogens with one attached hydrogen (secondary N) is 1. The Morgan fingerprint density at radius 1 is 0.889 bits per heavy atom. The molecule has 1 N–H and O–H groups in total. The van der Waals surface area contributed by atoms with Gasteiger partial charge in [0.15, 0.2) is 0 Å². The molecule has 2 bridgehead atoms. The van der Waals surface area contributed by atoms with Crippen LogP contribution < -0.4 is 5.32 Å². The molecular formula is C12H12N4O2. The highest BCUT2D eigenvalue weighted by Crippen LogP contribution is 2.50. The summed E-state index contributed by atoms with van der Waals surface area (Å²) in [5.74, 6) is 0.501. The van der Waals surface area contributed by atoms with E-state index in [2.05, 4.69) is 32.4 Å². The third kappa shape index (κ3) is 1.70. The molecule has 1 saturated heterocycles. The Bertz CT molecular complexity index is 447. The van der Waals surface area contributed by atoms with Gasteiger partial charge in [0, 0.05) is 0 Å². The molecule has 2 heterocycles. The van der Waals surface area contributed by atoms with Gasteiger partial charge in [-0.1, -0.05) is 12.2 Å². The fraction of sp³-hybridized carbons (Fsp3) is 0.417. The maximum absolute atomic E-state index is 11.3. The van der Waals surface area contributed by atoms with Crippen LogP contribution in [0.3, 0.4) is 0 Å². The Hall–Kier alpha value is -2.11. The lowest BCUT2D eigenvalue weighted by molar-refractivity contribution is -0.126. The number of allylic oxidation sites excluding steroid dienone is 2. The van der Waals surface area contributed by atoms with Crippen molar-refractivity contribution in [3.63, 3.8) is 0 Å². The van der Waals surface area contributed by atoms with E-state index in [-0.39, 0.29) is 23.7 Å². The van der Waals surface area contributed by atoms with Crippen LogP contribution in [-0.4, -0.2) is 26.8 Å². The first kappa shape index (κ1) is 11.0. The number of carbonyl (C=O) groups excluding carboxylic acids is 2. The summed E-state index contributed by atoms with van der Waals surface area (Å²) in [7, 11) is 0. The van der Waals surface area contributed by atoms with Crippen LogP contribution in [-0.2, 0) is 9.59 Å². The number of fused-ring (bicyclic) bond motifs is 5. The number of nitrogens with zero attached hydrogens (tertiary/aromatic N) is 3. The lowest BCUT2D eigenvalue weighted by Crippen LogP contribution is -2.25. The van der Waals surface area contributed by atoms with Gasteiger partial charge in [0.05, 0.1) is 11.8 Å². The van der Waals surface area contributed by atoms with Crippen molar-refractivity contribution in [1.29, 1.82) is 0 Å². The largest absolute Gasteiger partial charge is 0.296 e. The predicted octanol–water partition coefficient (Wildman–Crippen LogP) is -0.0473. The highest BCUT2D eigenvalue weighted by molar-refractivity contribution is 6.06. The monoisotopic (exact) mass is 244 g/mol. The second-order valence-corrected chi connectivity index (χ2v) is 4.65. The summed E-state index contributed by atoms with van der Waals surface area (Å²) < 4.78 is 0. The van der Waals surface area contributed by atoms with Crippen molar-refractivity contribution in [2.75, 3.05) is 0 Å². The molecule has 2 aliphatic carbocycles. The van der Waals surface area contributed by atoms with Gasteiger partial charge in [0.2, 0.25) is 11.8 Å². The van der Waals surface area contributed by atoms with Gasteiger partial charge in [-0.3, -0.25) is 14.9 Å². The van der Waals surface area contributed by atoms with Crippen molar-refractivity contribution < 1.29 is 9.59 Å². The molecule has 6 heteroatoms. The van der Waals surface area contributed by atoms with Crippen LogP contribution in [0.4, 0.5) is 0 Å². The molecule has 6 nitrogen and oxygen atoms in total. The van der Waals surface area contributed by atoms with E-state index >= 15 is 0 Å². The topological polar surface area (TPSA) is 84.8 Å². The van der Waals surface area contributed by atoms with Crippen LogP contribution in [0, 0.1) is 23.7 Å². The highest BCUT2D eigenvalue weighted by Gasteiger charge is 2.55. The molecule has 18 heavy (non-hydrogen) atoms. The molecule has 2 amide bonds. The summed E-state index contributed by atoms with van der Waals surface area (Å²) in [5.41, 5.74) is 0. The SMILES string of the molecule is O=C1NC(=O)C2C3C=CC(C3)C12.c1ncncn1. The van der Waals surface area contributed by atoms with Crippen LogP contribution >= 0.6 is 0 Å². The van der Waals surface area contributed by atoms with Gasteiger partial charge < -0.3 is 0 Å². The maximum atomic E-state index is 11.3. The first-order valence-electron chi connectivity index (χ1n) is 5.85. The Morgan fingerprint density at radius 2 is 1.33 bits per heavy atom. The molecule has 1 aliphatic heterocycles. The Balaban J connectivity index is 0.000000142. The summed E-state index contributed by atoms with van der Waals surface area (Å²) >= 11 is 0. The minimum absolute atomic E-state index is 0.0347. The molecule has 0 radical (unpaired) electrons. The first-order valence-corrected chi connectivity index (χ1v) is 5.85. The van der Waals surface area contributed by atoms with Gasteiger partial charge in [-0.05, 0) is 18.3 Å². The number of hydrogen-bond donors (Lipinski definition) is 1. The van der Waals surface area contributed by atoms with Gasteiger partial charge in [-0.15, -0.1) is 0 Å². The van der Waals surface area contributed by atoms with E-state index < -0.39 is 0 Å². The van der Waals surface area contributed by atoms with Crippen LogP contribution in [0.2, 0.25) is 0 Å². The van der Waals surface area contributed by atoms with Gasteiger partial charge in [-0.25, -0.2) is 15.0 Å². The van der Waals surface area contributed by atoms with E-state index in [0.29, 0.717) is 11.8 Å². The molecule has 0 spiro atoms. The summed E-state index contributed by atoms with van der Waals surface area (Å²) in [6, 6.07) is 0. The van der Waals surface area contributed by atoms with Crippen molar-refractivity contribution >= 4 is 11.8 Å². The third-order valence-corrected chi connectivity index (χ3v) is 3.71. The Kier molecular flexibility index (Phi) is 2.62. The van der Waals surface area contributed by atoms with Crippen LogP contribution in [0.5, 0.6) is 0 Å². The number of carbonyl (C=O) groups is 2. The normalized spacial score (nSPS) is 34.9. The average Bonchev–Trinajstić information content (AvgIpc) is 3.07. The highest BCUT2D eigenvalue weighted by atomic mass is 16.2. The van der Waals surface area contributed by atoms with Gasteiger partial charge in [-0.2, -0.15) is 0 Å². The van der Waals surface area contributed by atoms with Crippen molar-refractivity contribution in [2.45, 2.75) is 6.42 Å². The zero-order valence-corrected chi connectivity index (χ0v) is 9.56. The standard InChI is InChI=1S/C9H9NO2.C3H3N3/c11-8-6-4-1-2-5(3-4)7(6)9(12)10-8;1-4-2-6-3-5-1/h1-2,4-7H,3H2,(H,10,11,12);1-3H. The molecule has 0 aromatic carbocycles. The molecule has 4 rings (SSSR count). The number of amides is 2. The molecule has 2 fully saturated rings. The maximum Gasteiger partial charge on any atom is 0.231 e. The Labute approximate surface area is 104 Å². The zero-order chi connectivity index (χ0) is 12.5. The zero-order valence-electron chi connectivity index (χ0n) is 9.56. The van der Waals surface area contributed by atoms with Gasteiger partial charge >= 0.3 is 0 Å². The van der Waals surface area contributed by atoms with Crippen LogP contribution in [0.15, 0.2) is 31.1 Å². The van der Waals surface area contributed by atoms with E-state index in [1.807, 2.05) is 0 Å². The van der Waals surface area contributed by atoms with E-state index in [1.54, 1.807) is 0 Å². The Morgan fingerprint density at radius 3 is 1.72 bits per heavy atom. The van der Waals surface area contributed by atoms with Crippen molar-refractivity contribution in [3.8, 4) is 0 Å². The number of hydrogen-bond acceptors (Lipinski definition) is 5. The summed E-state index contributed by atoms with van der Waals surface area (Å²) in [5, 5.41) is 2.40. The van der Waals surface area contributed by atoms with E-state index in [4.69, 9.17) is 0 Å². The molecule has 1 saturated carbocycles. The fourth-order valence-electron chi connectivity index (χ4n) is 3.03. The number of imide groups is 1. The van der Waals surface area contributed by atoms with Crippen LogP contribution in [0.25, 0.3) is 0 Å².